The number of ether oxygens (including phenoxy) is 1. The van der Waals surface area contributed by atoms with Crippen LogP contribution in [0.25, 0.3) is 0 Å². The summed E-state index contributed by atoms with van der Waals surface area (Å²) in [6, 6.07) is 0. The van der Waals surface area contributed by atoms with Crippen LogP contribution in [0.2, 0.25) is 0 Å². The van der Waals surface area contributed by atoms with Gasteiger partial charge in [-0.25, -0.2) is 0 Å². The molecule has 74 valence electrons. The van der Waals surface area contributed by atoms with Crippen molar-refractivity contribution in [2.45, 2.75) is 26.2 Å². The summed E-state index contributed by atoms with van der Waals surface area (Å²) in [6.07, 6.45) is 0.730. The van der Waals surface area contributed by atoms with Gasteiger partial charge in [-0.2, -0.15) is 0 Å². The van der Waals surface area contributed by atoms with Crippen LogP contribution >= 0.6 is 0 Å². The van der Waals surface area contributed by atoms with Gasteiger partial charge in [-0.15, -0.1) is 0 Å². The first kappa shape index (κ1) is 10.1. The van der Waals surface area contributed by atoms with Crippen LogP contribution in [-0.4, -0.2) is 18.9 Å². The lowest BCUT2D eigenvalue weighted by Gasteiger charge is -2.04. The summed E-state index contributed by atoms with van der Waals surface area (Å²) < 4.78 is 10.1. The lowest BCUT2D eigenvalue weighted by molar-refractivity contribution is 0.193. The summed E-state index contributed by atoms with van der Waals surface area (Å²) >= 11 is 0. The molecule has 0 atom stereocenters. The van der Waals surface area contributed by atoms with Gasteiger partial charge in [-0.05, 0) is 5.92 Å². The van der Waals surface area contributed by atoms with Crippen molar-refractivity contribution in [2.24, 2.45) is 0 Å². The molecule has 0 spiro atoms. The molecule has 0 saturated carbocycles. The second kappa shape index (κ2) is 4.28. The average molecular weight is 184 g/mol. The summed E-state index contributed by atoms with van der Waals surface area (Å²) in [6.45, 7) is 4.77. The second-order valence-corrected chi connectivity index (χ2v) is 3.30. The Morgan fingerprint density at radius 2 is 2.23 bits per heavy atom. The normalized spacial score (nSPS) is 11.1. The van der Waals surface area contributed by atoms with Crippen LogP contribution in [0.5, 0.6) is 0 Å². The largest absolute Gasteiger partial charge is 0.384 e. The molecule has 0 saturated heterocycles. The molecule has 0 unspecified atom stereocenters. The number of anilines is 1. The van der Waals surface area contributed by atoms with Crippen molar-refractivity contribution in [1.82, 2.24) is 5.16 Å². The topological polar surface area (TPSA) is 61.3 Å². The van der Waals surface area contributed by atoms with Gasteiger partial charge in [0, 0.05) is 19.1 Å². The fourth-order valence-electron chi connectivity index (χ4n) is 1.34. The predicted molar refractivity (Wildman–Crippen MR) is 50.6 cm³/mol. The van der Waals surface area contributed by atoms with Gasteiger partial charge in [-0.1, -0.05) is 19.0 Å². The molecule has 0 amide bonds. The number of nitrogens with zero attached hydrogens (tertiary/aromatic N) is 1. The first-order valence-electron chi connectivity index (χ1n) is 4.39. The molecule has 1 heterocycles. The van der Waals surface area contributed by atoms with Crippen LogP contribution in [0.3, 0.4) is 0 Å². The number of hydrogen-bond donors (Lipinski definition) is 1. The quantitative estimate of drug-likeness (QED) is 0.771. The maximum absolute atomic E-state index is 5.67. The molecule has 0 radical (unpaired) electrons. The Bertz CT molecular complexity index is 269. The highest BCUT2D eigenvalue weighted by atomic mass is 16.5. The fourth-order valence-corrected chi connectivity index (χ4v) is 1.34. The number of nitrogens with two attached hydrogens (primary N) is 1. The molecule has 1 aromatic rings. The van der Waals surface area contributed by atoms with E-state index in [9.17, 15) is 0 Å². The molecule has 0 fully saturated rings. The summed E-state index contributed by atoms with van der Waals surface area (Å²) in [5.74, 6) is 1.69. The molecular formula is C9H16N2O2. The lowest BCUT2D eigenvalue weighted by atomic mass is 10.0. The Morgan fingerprint density at radius 3 is 2.77 bits per heavy atom. The average Bonchev–Trinajstić information content (AvgIpc) is 2.43. The molecule has 1 aromatic heterocycles. The van der Waals surface area contributed by atoms with E-state index in [1.165, 1.54) is 0 Å². The van der Waals surface area contributed by atoms with Gasteiger partial charge in [0.25, 0.3) is 0 Å². The first-order valence-corrected chi connectivity index (χ1v) is 4.39. The van der Waals surface area contributed by atoms with Gasteiger partial charge >= 0.3 is 0 Å². The molecular weight excluding hydrogens is 168 g/mol. The van der Waals surface area contributed by atoms with Crippen LogP contribution in [-0.2, 0) is 11.2 Å². The SMILES string of the molecule is COCCc1onc(N)c1C(C)C. The molecule has 0 aliphatic carbocycles. The third-order valence-corrected chi connectivity index (χ3v) is 1.94. The molecule has 13 heavy (non-hydrogen) atoms. The van der Waals surface area contributed by atoms with Crippen molar-refractivity contribution >= 4 is 5.82 Å². The van der Waals surface area contributed by atoms with E-state index in [0.717, 1.165) is 17.7 Å². The van der Waals surface area contributed by atoms with Gasteiger partial charge in [0.05, 0.1) is 6.61 Å². The van der Waals surface area contributed by atoms with Crippen molar-refractivity contribution in [1.29, 1.82) is 0 Å². The molecule has 0 aliphatic rings. The van der Waals surface area contributed by atoms with Gasteiger partial charge in [-0.3, -0.25) is 0 Å². The van der Waals surface area contributed by atoms with Crippen LogP contribution < -0.4 is 5.73 Å². The Labute approximate surface area is 78.0 Å². The maximum atomic E-state index is 5.67. The van der Waals surface area contributed by atoms with Gasteiger partial charge < -0.3 is 15.0 Å². The zero-order valence-corrected chi connectivity index (χ0v) is 8.33. The Morgan fingerprint density at radius 1 is 1.54 bits per heavy atom. The number of nitrogen functional groups attached to an aromatic ring is 1. The number of rotatable bonds is 4. The summed E-state index contributed by atoms with van der Waals surface area (Å²) in [4.78, 5) is 0. The first-order chi connectivity index (χ1) is 6.16. The zero-order chi connectivity index (χ0) is 9.84. The van der Waals surface area contributed by atoms with Crippen LogP contribution in [0.4, 0.5) is 5.82 Å². The standard InChI is InChI=1S/C9H16N2O2/c1-6(2)8-7(4-5-12-3)13-11-9(8)10/h6H,4-5H2,1-3H3,(H2,10,11). The van der Waals surface area contributed by atoms with E-state index < -0.39 is 0 Å². The fraction of sp³-hybridized carbons (Fsp3) is 0.667. The van der Waals surface area contributed by atoms with Crippen molar-refractivity contribution in [3.05, 3.63) is 11.3 Å². The minimum Gasteiger partial charge on any atom is -0.384 e. The highest BCUT2D eigenvalue weighted by Gasteiger charge is 2.16. The van der Waals surface area contributed by atoms with E-state index >= 15 is 0 Å². The third kappa shape index (κ3) is 2.21. The molecule has 0 bridgehead atoms. The second-order valence-electron chi connectivity index (χ2n) is 3.30. The number of methoxy groups -OCH3 is 1. The van der Waals surface area contributed by atoms with E-state index in [1.54, 1.807) is 7.11 Å². The smallest absolute Gasteiger partial charge is 0.170 e. The molecule has 4 nitrogen and oxygen atoms in total. The Hall–Kier alpha value is -1.03. The Balaban J connectivity index is 2.81. The third-order valence-electron chi connectivity index (χ3n) is 1.94. The van der Waals surface area contributed by atoms with Crippen molar-refractivity contribution in [3.63, 3.8) is 0 Å². The van der Waals surface area contributed by atoms with Crippen molar-refractivity contribution in [2.75, 3.05) is 19.5 Å². The maximum Gasteiger partial charge on any atom is 0.170 e. The number of aromatic nitrogens is 1. The van der Waals surface area contributed by atoms with E-state index in [2.05, 4.69) is 19.0 Å². The lowest BCUT2D eigenvalue weighted by Crippen LogP contribution is -2.00. The highest BCUT2D eigenvalue weighted by Crippen LogP contribution is 2.25. The van der Waals surface area contributed by atoms with E-state index in [4.69, 9.17) is 15.0 Å². The minimum atomic E-state index is 0.345. The molecule has 0 aliphatic heterocycles. The van der Waals surface area contributed by atoms with Crippen LogP contribution in [0.15, 0.2) is 4.52 Å². The monoisotopic (exact) mass is 184 g/mol. The summed E-state index contributed by atoms with van der Waals surface area (Å²) in [7, 11) is 1.66. The zero-order valence-electron chi connectivity index (χ0n) is 8.33. The Kier molecular flexibility index (Phi) is 3.31. The molecule has 2 N–H and O–H groups in total. The van der Waals surface area contributed by atoms with E-state index in [1.807, 2.05) is 0 Å². The molecule has 4 heteroatoms. The van der Waals surface area contributed by atoms with E-state index in [-0.39, 0.29) is 0 Å². The van der Waals surface area contributed by atoms with Crippen LogP contribution in [0.1, 0.15) is 31.1 Å². The van der Waals surface area contributed by atoms with E-state index in [0.29, 0.717) is 18.3 Å². The molecule has 1 rings (SSSR count). The predicted octanol–water partition coefficient (Wildman–Crippen LogP) is 1.57. The van der Waals surface area contributed by atoms with Gasteiger partial charge in [0.15, 0.2) is 5.82 Å². The molecule has 0 aromatic carbocycles. The van der Waals surface area contributed by atoms with Gasteiger partial charge in [0.2, 0.25) is 0 Å². The van der Waals surface area contributed by atoms with Crippen molar-refractivity contribution in [3.8, 4) is 0 Å². The van der Waals surface area contributed by atoms with Gasteiger partial charge in [0.1, 0.15) is 5.76 Å². The number of hydrogen-bond acceptors (Lipinski definition) is 4. The van der Waals surface area contributed by atoms with Crippen molar-refractivity contribution < 1.29 is 9.26 Å². The van der Waals surface area contributed by atoms with Crippen LogP contribution in [0, 0.1) is 0 Å². The minimum absolute atomic E-state index is 0.345. The summed E-state index contributed by atoms with van der Waals surface area (Å²) in [5.41, 5.74) is 6.68. The summed E-state index contributed by atoms with van der Waals surface area (Å²) in [5, 5.41) is 3.74. The highest BCUT2D eigenvalue weighted by molar-refractivity contribution is 5.42.